The zero-order valence-electron chi connectivity index (χ0n) is 13.3. The molecule has 3 rings (SSSR count). The molecule has 0 radical (unpaired) electrons. The maximum absolute atomic E-state index is 10.8. The van der Waals surface area contributed by atoms with Crippen LogP contribution in [0.3, 0.4) is 0 Å². The highest BCUT2D eigenvalue weighted by molar-refractivity contribution is 5.82. The SMILES string of the molecule is O=C(O)C1C(C(=O)O)[C@H]2C=C[C@@H]1C2.O=C(O)[C@H]1CC=CC[C@H]1C(=O)O. The van der Waals surface area contributed by atoms with Crippen LogP contribution in [-0.4, -0.2) is 44.3 Å². The van der Waals surface area contributed by atoms with Gasteiger partial charge in [0.25, 0.3) is 0 Å². The summed E-state index contributed by atoms with van der Waals surface area (Å²) in [6.07, 6.45) is 8.45. The van der Waals surface area contributed by atoms with E-state index in [0.29, 0.717) is 19.3 Å². The summed E-state index contributed by atoms with van der Waals surface area (Å²) in [4.78, 5) is 42.8. The Morgan fingerprint density at radius 1 is 0.640 bits per heavy atom. The van der Waals surface area contributed by atoms with Crippen molar-refractivity contribution in [3.63, 3.8) is 0 Å². The first-order chi connectivity index (χ1) is 11.7. The van der Waals surface area contributed by atoms with Gasteiger partial charge in [-0.3, -0.25) is 19.2 Å². The Morgan fingerprint density at radius 3 is 1.28 bits per heavy atom. The minimum atomic E-state index is -1.02. The highest BCUT2D eigenvalue weighted by Crippen LogP contribution is 2.48. The van der Waals surface area contributed by atoms with Crippen molar-refractivity contribution in [2.24, 2.45) is 35.5 Å². The summed E-state index contributed by atoms with van der Waals surface area (Å²) >= 11 is 0. The Hall–Kier alpha value is -2.64. The van der Waals surface area contributed by atoms with Crippen LogP contribution < -0.4 is 0 Å². The van der Waals surface area contributed by atoms with Crippen LogP contribution in [0.15, 0.2) is 24.3 Å². The van der Waals surface area contributed by atoms with Gasteiger partial charge in [-0.2, -0.15) is 0 Å². The molecule has 0 saturated heterocycles. The minimum absolute atomic E-state index is 0.0661. The topological polar surface area (TPSA) is 149 Å². The molecule has 2 unspecified atom stereocenters. The zero-order valence-corrected chi connectivity index (χ0v) is 13.3. The Labute approximate surface area is 143 Å². The van der Waals surface area contributed by atoms with Gasteiger partial charge < -0.3 is 20.4 Å². The van der Waals surface area contributed by atoms with Crippen LogP contribution in [0.2, 0.25) is 0 Å². The molecule has 25 heavy (non-hydrogen) atoms. The molecule has 3 aliphatic carbocycles. The molecule has 1 fully saturated rings. The average molecular weight is 352 g/mol. The van der Waals surface area contributed by atoms with Gasteiger partial charge in [0.2, 0.25) is 0 Å². The van der Waals surface area contributed by atoms with E-state index >= 15 is 0 Å². The molecule has 3 aliphatic rings. The van der Waals surface area contributed by atoms with E-state index in [1.165, 1.54) is 0 Å². The van der Waals surface area contributed by atoms with Crippen molar-refractivity contribution in [3.05, 3.63) is 24.3 Å². The summed E-state index contributed by atoms with van der Waals surface area (Å²) in [5.74, 6) is -7.08. The highest BCUT2D eigenvalue weighted by Gasteiger charge is 2.51. The van der Waals surface area contributed by atoms with Crippen LogP contribution in [0.5, 0.6) is 0 Å². The molecular weight excluding hydrogens is 332 g/mol. The van der Waals surface area contributed by atoms with Gasteiger partial charge in [0.05, 0.1) is 23.7 Å². The molecular formula is C17H20O8. The third kappa shape index (κ3) is 3.89. The largest absolute Gasteiger partial charge is 0.481 e. The molecule has 0 aromatic rings. The van der Waals surface area contributed by atoms with Crippen LogP contribution in [0, 0.1) is 35.5 Å². The predicted octanol–water partition coefficient (Wildman–Crippen LogP) is 1.33. The molecule has 0 aromatic carbocycles. The molecule has 0 heterocycles. The highest BCUT2D eigenvalue weighted by atomic mass is 16.4. The molecule has 1 saturated carbocycles. The second kappa shape index (κ2) is 7.50. The van der Waals surface area contributed by atoms with E-state index in [4.69, 9.17) is 20.4 Å². The molecule has 4 N–H and O–H groups in total. The van der Waals surface area contributed by atoms with E-state index in [9.17, 15) is 19.2 Å². The number of fused-ring (bicyclic) bond motifs is 2. The predicted molar refractivity (Wildman–Crippen MR) is 83.6 cm³/mol. The Kier molecular flexibility index (Phi) is 5.61. The van der Waals surface area contributed by atoms with Crippen molar-refractivity contribution in [1.29, 1.82) is 0 Å². The first kappa shape index (κ1) is 18.7. The monoisotopic (exact) mass is 352 g/mol. The fourth-order valence-corrected chi connectivity index (χ4v) is 3.86. The van der Waals surface area contributed by atoms with Gasteiger partial charge in [0.15, 0.2) is 0 Å². The van der Waals surface area contributed by atoms with E-state index in [1.807, 2.05) is 12.2 Å². The quantitative estimate of drug-likeness (QED) is 0.554. The molecule has 8 nitrogen and oxygen atoms in total. The van der Waals surface area contributed by atoms with E-state index in [2.05, 4.69) is 0 Å². The third-order valence-corrected chi connectivity index (χ3v) is 5.10. The summed E-state index contributed by atoms with van der Waals surface area (Å²) in [6, 6.07) is 0. The smallest absolute Gasteiger partial charge is 0.307 e. The van der Waals surface area contributed by atoms with Crippen molar-refractivity contribution < 1.29 is 39.6 Å². The number of rotatable bonds is 4. The van der Waals surface area contributed by atoms with Crippen LogP contribution in [0.1, 0.15) is 19.3 Å². The fraction of sp³-hybridized carbons (Fsp3) is 0.529. The fourth-order valence-electron chi connectivity index (χ4n) is 3.86. The molecule has 6 atom stereocenters. The Morgan fingerprint density at radius 2 is 1.00 bits per heavy atom. The number of hydrogen-bond donors (Lipinski definition) is 4. The summed E-state index contributed by atoms with van der Waals surface area (Å²) in [6.45, 7) is 0. The number of hydrogen-bond acceptors (Lipinski definition) is 4. The second-order valence-electron chi connectivity index (χ2n) is 6.51. The lowest BCUT2D eigenvalue weighted by Gasteiger charge is -2.20. The third-order valence-electron chi connectivity index (χ3n) is 5.10. The number of carbonyl (C=O) groups is 4. The van der Waals surface area contributed by atoms with Gasteiger partial charge in [0, 0.05) is 0 Å². The number of carboxylic acid groups (broad SMARTS) is 4. The number of aliphatic carboxylic acids is 4. The first-order valence-corrected chi connectivity index (χ1v) is 7.98. The van der Waals surface area contributed by atoms with Crippen LogP contribution in [-0.2, 0) is 19.2 Å². The van der Waals surface area contributed by atoms with Gasteiger partial charge in [-0.15, -0.1) is 0 Å². The first-order valence-electron chi connectivity index (χ1n) is 7.98. The number of allylic oxidation sites excluding steroid dienone is 4. The van der Waals surface area contributed by atoms with Crippen molar-refractivity contribution in [2.75, 3.05) is 0 Å². The summed E-state index contributed by atoms with van der Waals surface area (Å²) < 4.78 is 0. The molecule has 0 aliphatic heterocycles. The van der Waals surface area contributed by atoms with E-state index in [0.717, 1.165) is 0 Å². The van der Waals surface area contributed by atoms with Crippen molar-refractivity contribution >= 4 is 23.9 Å². The lowest BCUT2D eigenvalue weighted by Crippen LogP contribution is -2.32. The normalized spacial score (nSPS) is 34.9. The Balaban J connectivity index is 0.000000181. The molecule has 136 valence electrons. The molecule has 8 heteroatoms. The maximum atomic E-state index is 10.8. The molecule has 0 aromatic heterocycles. The lowest BCUT2D eigenvalue weighted by molar-refractivity contribution is -0.154. The van der Waals surface area contributed by atoms with E-state index in [-0.39, 0.29) is 11.8 Å². The van der Waals surface area contributed by atoms with Crippen molar-refractivity contribution in [3.8, 4) is 0 Å². The Bertz CT molecular complexity index is 583. The standard InChI is InChI=1S/C9H10O4.C8H10O4/c10-8(11)6-4-1-2-5(3-4)7(6)9(12)13;9-7(10)5-3-1-2-4-6(5)8(11)12/h1-2,4-7H,3H2,(H,10,11)(H,12,13);1-2,5-6H,3-4H2,(H,9,10)(H,11,12)/t4-,5+,6?,7?;5-,6+. The van der Waals surface area contributed by atoms with Gasteiger partial charge in [-0.05, 0) is 31.1 Å². The van der Waals surface area contributed by atoms with Crippen molar-refractivity contribution in [1.82, 2.24) is 0 Å². The van der Waals surface area contributed by atoms with Gasteiger partial charge in [-0.1, -0.05) is 24.3 Å². The van der Waals surface area contributed by atoms with Gasteiger partial charge in [0.1, 0.15) is 0 Å². The average Bonchev–Trinajstić information content (AvgIpc) is 3.16. The minimum Gasteiger partial charge on any atom is -0.481 e. The van der Waals surface area contributed by atoms with Crippen LogP contribution >= 0.6 is 0 Å². The molecule has 0 spiro atoms. The van der Waals surface area contributed by atoms with Crippen molar-refractivity contribution in [2.45, 2.75) is 19.3 Å². The van der Waals surface area contributed by atoms with Crippen LogP contribution in [0.4, 0.5) is 0 Å². The zero-order chi connectivity index (χ0) is 18.7. The lowest BCUT2D eigenvalue weighted by atomic mass is 9.83. The van der Waals surface area contributed by atoms with Gasteiger partial charge in [-0.25, -0.2) is 0 Å². The maximum Gasteiger partial charge on any atom is 0.307 e. The van der Waals surface area contributed by atoms with Gasteiger partial charge >= 0.3 is 23.9 Å². The van der Waals surface area contributed by atoms with E-state index < -0.39 is 47.5 Å². The molecule has 2 bridgehead atoms. The van der Waals surface area contributed by atoms with Crippen LogP contribution in [0.25, 0.3) is 0 Å². The summed E-state index contributed by atoms with van der Waals surface area (Å²) in [5.41, 5.74) is 0. The number of carboxylic acids is 4. The summed E-state index contributed by atoms with van der Waals surface area (Å²) in [5, 5.41) is 35.0. The second-order valence-corrected chi connectivity index (χ2v) is 6.51. The molecule has 0 amide bonds. The van der Waals surface area contributed by atoms with E-state index in [1.54, 1.807) is 12.2 Å². The summed E-state index contributed by atoms with van der Waals surface area (Å²) in [7, 11) is 0.